The van der Waals surface area contributed by atoms with Crippen molar-refractivity contribution < 1.29 is 4.79 Å². The number of rotatable bonds is 4. The number of halogens is 1. The highest BCUT2D eigenvalue weighted by Crippen LogP contribution is 2.24. The summed E-state index contributed by atoms with van der Waals surface area (Å²) in [5, 5.41) is 7.03. The van der Waals surface area contributed by atoms with Gasteiger partial charge in [-0.05, 0) is 35.7 Å². The molecule has 0 unspecified atom stereocenters. The molecule has 7 heteroatoms. The van der Waals surface area contributed by atoms with E-state index in [-0.39, 0.29) is 12.5 Å². The first-order valence-electron chi connectivity index (χ1n) is 7.59. The van der Waals surface area contributed by atoms with E-state index in [1.807, 2.05) is 52.5 Å². The molecule has 0 aliphatic heterocycles. The summed E-state index contributed by atoms with van der Waals surface area (Å²) < 4.78 is 1.87. The van der Waals surface area contributed by atoms with Crippen molar-refractivity contribution in [2.45, 2.75) is 6.54 Å². The molecule has 0 spiro atoms. The van der Waals surface area contributed by atoms with Crippen molar-refractivity contribution in [3.05, 3.63) is 65.4 Å². The van der Waals surface area contributed by atoms with Gasteiger partial charge in [-0.2, -0.15) is 0 Å². The summed E-state index contributed by atoms with van der Waals surface area (Å²) in [4.78, 5) is 20.8. The number of benzene rings is 1. The van der Waals surface area contributed by atoms with Gasteiger partial charge in [0.25, 0.3) is 0 Å². The van der Waals surface area contributed by atoms with E-state index in [0.29, 0.717) is 10.2 Å². The molecule has 0 radical (unpaired) electrons. The second-order valence-corrected chi connectivity index (χ2v) is 6.76. The number of thiazole rings is 1. The Morgan fingerprint density at radius 3 is 2.88 bits per heavy atom. The Labute approximate surface area is 152 Å². The Morgan fingerprint density at radius 1 is 1.20 bits per heavy atom. The summed E-state index contributed by atoms with van der Waals surface area (Å²) in [5.41, 5.74) is 2.72. The van der Waals surface area contributed by atoms with E-state index in [1.54, 1.807) is 12.4 Å². The van der Waals surface area contributed by atoms with E-state index in [4.69, 9.17) is 11.6 Å². The van der Waals surface area contributed by atoms with Crippen LogP contribution in [-0.2, 0) is 11.3 Å². The van der Waals surface area contributed by atoms with Gasteiger partial charge in [-0.1, -0.05) is 17.7 Å². The van der Waals surface area contributed by atoms with Crippen molar-refractivity contribution >= 4 is 44.9 Å². The van der Waals surface area contributed by atoms with E-state index >= 15 is 0 Å². The Morgan fingerprint density at radius 2 is 2.04 bits per heavy atom. The minimum absolute atomic E-state index is 0.131. The lowest BCUT2D eigenvalue weighted by molar-refractivity contribution is -0.116. The zero-order valence-corrected chi connectivity index (χ0v) is 14.6. The summed E-state index contributed by atoms with van der Waals surface area (Å²) in [6.07, 6.45) is 5.31. The monoisotopic (exact) mass is 368 g/mol. The summed E-state index contributed by atoms with van der Waals surface area (Å²) >= 11 is 7.45. The fourth-order valence-electron chi connectivity index (χ4n) is 2.59. The summed E-state index contributed by atoms with van der Waals surface area (Å²) in [6.45, 7) is 0.202. The Balaban J connectivity index is 1.49. The molecule has 0 aliphatic rings. The molecule has 0 saturated heterocycles. The molecule has 4 aromatic rings. The van der Waals surface area contributed by atoms with Gasteiger partial charge in [-0.3, -0.25) is 9.78 Å². The van der Waals surface area contributed by atoms with Crippen LogP contribution in [0, 0.1) is 0 Å². The molecule has 0 atom stereocenters. The SMILES string of the molecule is O=C(Cn1ccc2ccc(Cl)cc21)Nc1nc(-c2ccncc2)cs1. The Kier molecular flexibility index (Phi) is 4.21. The van der Waals surface area contributed by atoms with Crippen LogP contribution in [0.4, 0.5) is 5.13 Å². The lowest BCUT2D eigenvalue weighted by atomic mass is 10.2. The molecule has 3 aromatic heterocycles. The van der Waals surface area contributed by atoms with Gasteiger partial charge in [-0.25, -0.2) is 4.98 Å². The number of hydrogen-bond acceptors (Lipinski definition) is 4. The van der Waals surface area contributed by atoms with Crippen molar-refractivity contribution in [2.75, 3.05) is 5.32 Å². The molecule has 0 aliphatic carbocycles. The first-order valence-corrected chi connectivity index (χ1v) is 8.85. The zero-order chi connectivity index (χ0) is 17.2. The van der Waals surface area contributed by atoms with Gasteiger partial charge in [0.15, 0.2) is 5.13 Å². The number of anilines is 1. The molecule has 4 rings (SSSR count). The number of hydrogen-bond donors (Lipinski definition) is 1. The third-order valence-corrected chi connectivity index (χ3v) is 4.77. The minimum atomic E-state index is -0.131. The van der Waals surface area contributed by atoms with E-state index < -0.39 is 0 Å². The third-order valence-electron chi connectivity index (χ3n) is 3.78. The number of fused-ring (bicyclic) bond motifs is 1. The largest absolute Gasteiger partial charge is 0.338 e. The van der Waals surface area contributed by atoms with Crippen molar-refractivity contribution in [3.8, 4) is 11.3 Å². The minimum Gasteiger partial charge on any atom is -0.338 e. The van der Waals surface area contributed by atoms with Gasteiger partial charge in [0.2, 0.25) is 5.91 Å². The highest BCUT2D eigenvalue weighted by molar-refractivity contribution is 7.14. The van der Waals surface area contributed by atoms with Crippen LogP contribution in [-0.4, -0.2) is 20.4 Å². The quantitative estimate of drug-likeness (QED) is 0.578. The first kappa shape index (κ1) is 15.8. The van der Waals surface area contributed by atoms with E-state index in [2.05, 4.69) is 15.3 Å². The van der Waals surface area contributed by atoms with Crippen molar-refractivity contribution in [1.29, 1.82) is 0 Å². The van der Waals surface area contributed by atoms with E-state index in [0.717, 1.165) is 22.2 Å². The topological polar surface area (TPSA) is 59.8 Å². The van der Waals surface area contributed by atoms with Gasteiger partial charge in [0, 0.05) is 40.1 Å². The molecule has 124 valence electrons. The molecular formula is C18H13ClN4OS. The maximum Gasteiger partial charge on any atom is 0.246 e. The molecule has 25 heavy (non-hydrogen) atoms. The van der Waals surface area contributed by atoms with Crippen molar-refractivity contribution in [1.82, 2.24) is 14.5 Å². The average molecular weight is 369 g/mol. The van der Waals surface area contributed by atoms with Gasteiger partial charge in [-0.15, -0.1) is 11.3 Å². The maximum atomic E-state index is 12.3. The maximum absolute atomic E-state index is 12.3. The fraction of sp³-hybridized carbons (Fsp3) is 0.0556. The Hall–Kier alpha value is -2.70. The summed E-state index contributed by atoms with van der Waals surface area (Å²) in [7, 11) is 0. The van der Waals surface area contributed by atoms with Gasteiger partial charge in [0.05, 0.1) is 5.69 Å². The molecule has 1 aromatic carbocycles. The molecule has 0 fully saturated rings. The standard InChI is InChI=1S/C18H13ClN4OS/c19-14-2-1-13-5-8-23(16(13)9-14)10-17(24)22-18-21-15(11-25-18)12-3-6-20-7-4-12/h1-9,11H,10H2,(H,21,22,24). The van der Waals surface area contributed by atoms with Crippen LogP contribution < -0.4 is 5.32 Å². The average Bonchev–Trinajstić information content (AvgIpc) is 3.23. The Bertz CT molecular complexity index is 1040. The molecule has 0 bridgehead atoms. The number of carbonyl (C=O) groups is 1. The van der Waals surface area contributed by atoms with Crippen LogP contribution in [0.2, 0.25) is 5.02 Å². The molecule has 1 amide bonds. The van der Waals surface area contributed by atoms with Crippen LogP contribution in [0.15, 0.2) is 60.4 Å². The van der Waals surface area contributed by atoms with E-state index in [9.17, 15) is 4.79 Å². The smallest absolute Gasteiger partial charge is 0.246 e. The van der Waals surface area contributed by atoms with Gasteiger partial charge >= 0.3 is 0 Å². The lowest BCUT2D eigenvalue weighted by Gasteiger charge is -2.05. The molecular weight excluding hydrogens is 356 g/mol. The molecule has 0 saturated carbocycles. The normalized spacial score (nSPS) is 10.9. The van der Waals surface area contributed by atoms with Crippen molar-refractivity contribution in [3.63, 3.8) is 0 Å². The van der Waals surface area contributed by atoms with Gasteiger partial charge in [0.1, 0.15) is 6.54 Å². The molecule has 1 N–H and O–H groups in total. The summed E-state index contributed by atoms with van der Waals surface area (Å²) in [5.74, 6) is -0.131. The molecule has 5 nitrogen and oxygen atoms in total. The molecule has 3 heterocycles. The third kappa shape index (κ3) is 3.40. The van der Waals surface area contributed by atoms with Crippen LogP contribution in [0.25, 0.3) is 22.2 Å². The predicted octanol–water partition coefficient (Wildman–Crippen LogP) is 4.45. The van der Waals surface area contributed by atoms with Crippen molar-refractivity contribution in [2.24, 2.45) is 0 Å². The van der Waals surface area contributed by atoms with Crippen LogP contribution >= 0.6 is 22.9 Å². The number of nitrogens with zero attached hydrogens (tertiary/aromatic N) is 3. The number of pyridine rings is 1. The van der Waals surface area contributed by atoms with Gasteiger partial charge < -0.3 is 9.88 Å². The number of nitrogens with one attached hydrogen (secondary N) is 1. The first-order chi connectivity index (χ1) is 12.2. The highest BCUT2D eigenvalue weighted by atomic mass is 35.5. The highest BCUT2D eigenvalue weighted by Gasteiger charge is 2.10. The number of aromatic nitrogens is 3. The van der Waals surface area contributed by atoms with Crippen LogP contribution in [0.1, 0.15) is 0 Å². The van der Waals surface area contributed by atoms with Crippen LogP contribution in [0.5, 0.6) is 0 Å². The lowest BCUT2D eigenvalue weighted by Crippen LogP contribution is -2.18. The second-order valence-electron chi connectivity index (χ2n) is 5.47. The van der Waals surface area contributed by atoms with Crippen LogP contribution in [0.3, 0.4) is 0 Å². The second kappa shape index (κ2) is 6.66. The fourth-order valence-corrected chi connectivity index (χ4v) is 3.50. The summed E-state index contributed by atoms with van der Waals surface area (Å²) in [6, 6.07) is 11.4. The zero-order valence-electron chi connectivity index (χ0n) is 13.0. The predicted molar refractivity (Wildman–Crippen MR) is 101 cm³/mol. The number of carbonyl (C=O) groups excluding carboxylic acids is 1. The van der Waals surface area contributed by atoms with E-state index in [1.165, 1.54) is 11.3 Å². The number of amides is 1.